The average molecular weight is 553 g/mol. The van der Waals surface area contributed by atoms with Crippen LogP contribution < -0.4 is 10.2 Å². The normalized spacial score (nSPS) is 23.9. The molecule has 3 atom stereocenters. The third kappa shape index (κ3) is 6.47. The largest absolute Gasteiger partial charge is 0.444 e. The first-order valence-corrected chi connectivity index (χ1v) is 12.2. The number of nitriles is 1. The molecule has 14 heteroatoms. The molecule has 0 aromatic carbocycles. The Kier molecular flexibility index (Phi) is 7.57. The van der Waals surface area contributed by atoms with Crippen LogP contribution in [-0.2, 0) is 14.3 Å². The number of nitrogens with one attached hydrogen (secondary N) is 1. The average Bonchev–Trinajstić information content (AvgIpc) is 3.27. The molecule has 2 fully saturated rings. The van der Waals surface area contributed by atoms with Gasteiger partial charge in [-0.15, -0.1) is 0 Å². The zero-order valence-corrected chi connectivity index (χ0v) is 21.6. The van der Waals surface area contributed by atoms with Crippen LogP contribution in [0.2, 0.25) is 0 Å². The Morgan fingerprint density at radius 2 is 2.03 bits per heavy atom. The van der Waals surface area contributed by atoms with Crippen LogP contribution in [0.4, 0.5) is 28.0 Å². The number of morpholine rings is 1. The molecule has 2 saturated heterocycles. The van der Waals surface area contributed by atoms with Gasteiger partial charge < -0.3 is 24.6 Å². The summed E-state index contributed by atoms with van der Waals surface area (Å²) in [5, 5.41) is 12.1. The number of alkyl halides is 4. The number of likely N-dealkylation sites (tertiary alicyclic amines) is 1. The molecule has 2 aliphatic heterocycles. The lowest BCUT2D eigenvalue weighted by Gasteiger charge is -2.39. The highest BCUT2D eigenvalue weighted by atomic mass is 19.4. The summed E-state index contributed by atoms with van der Waals surface area (Å²) in [6.45, 7) is 3.35. The van der Waals surface area contributed by atoms with Crippen molar-refractivity contribution < 1.29 is 36.6 Å². The molecule has 2 aromatic rings. The number of hydrogen-bond donors (Lipinski definition) is 1. The monoisotopic (exact) mass is 552 g/mol. The summed E-state index contributed by atoms with van der Waals surface area (Å²) >= 11 is 0. The van der Waals surface area contributed by atoms with E-state index in [0.29, 0.717) is 5.39 Å². The van der Waals surface area contributed by atoms with Crippen molar-refractivity contribution >= 4 is 28.6 Å². The van der Waals surface area contributed by atoms with Gasteiger partial charge in [0.15, 0.2) is 17.9 Å². The van der Waals surface area contributed by atoms with Crippen molar-refractivity contribution in [2.45, 2.75) is 56.8 Å². The number of carbonyl (C=O) groups excluding carboxylic acids is 2. The third-order valence-electron chi connectivity index (χ3n) is 6.36. The summed E-state index contributed by atoms with van der Waals surface area (Å²) in [7, 11) is 0. The van der Waals surface area contributed by atoms with Crippen molar-refractivity contribution in [1.29, 1.82) is 5.26 Å². The van der Waals surface area contributed by atoms with Crippen molar-refractivity contribution in [3.63, 3.8) is 0 Å². The topological polar surface area (TPSA) is 121 Å². The van der Waals surface area contributed by atoms with Gasteiger partial charge in [-0.1, -0.05) is 0 Å². The van der Waals surface area contributed by atoms with Gasteiger partial charge in [0.05, 0.1) is 38.1 Å². The minimum absolute atomic E-state index is 0.00880. The molecule has 0 saturated carbocycles. The van der Waals surface area contributed by atoms with E-state index >= 15 is 4.39 Å². The fourth-order valence-corrected chi connectivity index (χ4v) is 4.49. The predicted octanol–water partition coefficient (Wildman–Crippen LogP) is 3.10. The van der Waals surface area contributed by atoms with Crippen LogP contribution in [-0.4, -0.2) is 89.2 Å². The van der Waals surface area contributed by atoms with Crippen LogP contribution in [0.3, 0.4) is 0 Å². The Labute approximate surface area is 221 Å². The Hall–Kier alpha value is -3.73. The van der Waals surface area contributed by atoms with Crippen molar-refractivity contribution in [3.8, 4) is 6.07 Å². The molecule has 4 rings (SSSR count). The van der Waals surface area contributed by atoms with E-state index in [0.717, 1.165) is 0 Å². The Balaban J connectivity index is 1.49. The van der Waals surface area contributed by atoms with Crippen LogP contribution >= 0.6 is 0 Å². The first-order chi connectivity index (χ1) is 18.2. The number of rotatable bonds is 4. The minimum Gasteiger partial charge on any atom is -0.444 e. The second-order valence-electron chi connectivity index (χ2n) is 10.6. The maximum Gasteiger partial charge on any atom is 0.416 e. The SMILES string of the molecule is CC(C)(C)OC(=O)N1CC[C@@](F)(CNC(=O)[C@@H]2CN(c3cnc(C#N)c4ncccc34)C[C@H](C(F)(F)F)O2)C1. The van der Waals surface area contributed by atoms with Crippen molar-refractivity contribution in [1.82, 2.24) is 20.2 Å². The molecule has 2 aromatic heterocycles. The van der Waals surface area contributed by atoms with Gasteiger partial charge in [-0.3, -0.25) is 9.78 Å². The zero-order chi connectivity index (χ0) is 28.6. The second-order valence-corrected chi connectivity index (χ2v) is 10.6. The summed E-state index contributed by atoms with van der Waals surface area (Å²) < 4.78 is 67.1. The number of anilines is 1. The summed E-state index contributed by atoms with van der Waals surface area (Å²) in [4.78, 5) is 35.8. The summed E-state index contributed by atoms with van der Waals surface area (Å²) in [6.07, 6.45) is -6.75. The van der Waals surface area contributed by atoms with Crippen molar-refractivity contribution in [3.05, 3.63) is 30.2 Å². The molecule has 4 heterocycles. The lowest BCUT2D eigenvalue weighted by molar-refractivity contribution is -0.234. The van der Waals surface area contributed by atoms with Crippen LogP contribution in [0.1, 0.15) is 32.9 Å². The summed E-state index contributed by atoms with van der Waals surface area (Å²) in [5.74, 6) is -0.925. The molecular formula is C25H28F4N6O4. The molecule has 2 aliphatic rings. The van der Waals surface area contributed by atoms with Gasteiger partial charge in [0.2, 0.25) is 0 Å². The molecule has 0 spiro atoms. The highest BCUT2D eigenvalue weighted by molar-refractivity contribution is 5.94. The van der Waals surface area contributed by atoms with E-state index in [-0.39, 0.29) is 43.0 Å². The first-order valence-electron chi connectivity index (χ1n) is 12.2. The van der Waals surface area contributed by atoms with Gasteiger partial charge in [0.1, 0.15) is 22.9 Å². The van der Waals surface area contributed by atoms with E-state index in [1.54, 1.807) is 32.9 Å². The fraction of sp³-hybridized carbons (Fsp3) is 0.560. The number of hydrogen-bond acceptors (Lipinski definition) is 8. The number of ether oxygens (including phenoxy) is 2. The first kappa shape index (κ1) is 28.3. The number of halogens is 4. The highest BCUT2D eigenvalue weighted by Crippen LogP contribution is 2.34. The van der Waals surface area contributed by atoms with Gasteiger partial charge in [0, 0.05) is 24.5 Å². The molecule has 10 nitrogen and oxygen atoms in total. The molecule has 1 N–H and O–H groups in total. The Bertz CT molecular complexity index is 1290. The number of carbonyl (C=O) groups is 2. The molecule has 39 heavy (non-hydrogen) atoms. The van der Waals surface area contributed by atoms with Gasteiger partial charge >= 0.3 is 12.3 Å². The van der Waals surface area contributed by atoms with Crippen LogP contribution in [0.5, 0.6) is 0 Å². The van der Waals surface area contributed by atoms with Crippen LogP contribution in [0.15, 0.2) is 24.5 Å². The number of nitrogens with zero attached hydrogens (tertiary/aromatic N) is 5. The third-order valence-corrected chi connectivity index (χ3v) is 6.36. The van der Waals surface area contributed by atoms with Crippen molar-refractivity contribution in [2.24, 2.45) is 0 Å². The maximum absolute atomic E-state index is 15.4. The molecule has 0 aliphatic carbocycles. The molecule has 210 valence electrons. The standard InChI is InChI=1S/C25H28F4N6O4/c1-23(2,3)39-22(37)34-8-6-24(26,14-34)13-33-21(36)18-11-35(12-19(38-18)25(27,28)29)17-10-32-16(9-30)20-15(17)5-4-7-31-20/h4-5,7,10,18-19H,6,8,11-14H2,1-3H3,(H,33,36)/t18-,19+,24+/m0/s1. The quantitative estimate of drug-likeness (QED) is 0.575. The van der Waals surface area contributed by atoms with Gasteiger partial charge in [0.25, 0.3) is 5.91 Å². The van der Waals surface area contributed by atoms with Crippen LogP contribution in [0, 0.1) is 11.3 Å². The lowest BCUT2D eigenvalue weighted by Crippen LogP contribution is -2.58. The predicted molar refractivity (Wildman–Crippen MR) is 130 cm³/mol. The molecular weight excluding hydrogens is 524 g/mol. The van der Waals surface area contributed by atoms with E-state index in [1.807, 2.05) is 6.07 Å². The van der Waals surface area contributed by atoms with Crippen molar-refractivity contribution in [2.75, 3.05) is 37.6 Å². The zero-order valence-electron chi connectivity index (χ0n) is 21.6. The lowest BCUT2D eigenvalue weighted by atomic mass is 10.1. The molecule has 0 unspecified atom stereocenters. The second kappa shape index (κ2) is 10.4. The minimum atomic E-state index is -4.79. The van der Waals surface area contributed by atoms with E-state index in [9.17, 15) is 28.0 Å². The van der Waals surface area contributed by atoms with E-state index < -0.39 is 54.7 Å². The van der Waals surface area contributed by atoms with Gasteiger partial charge in [-0.25, -0.2) is 14.2 Å². The number of aromatic nitrogens is 2. The van der Waals surface area contributed by atoms with E-state index in [1.165, 1.54) is 22.2 Å². The molecule has 0 radical (unpaired) electrons. The summed E-state index contributed by atoms with van der Waals surface area (Å²) in [6, 6.07) is 5.06. The van der Waals surface area contributed by atoms with E-state index in [4.69, 9.17) is 9.47 Å². The van der Waals surface area contributed by atoms with Gasteiger partial charge in [-0.05, 0) is 32.9 Å². The van der Waals surface area contributed by atoms with E-state index in [2.05, 4.69) is 15.3 Å². The smallest absolute Gasteiger partial charge is 0.416 e. The maximum atomic E-state index is 15.4. The number of fused-ring (bicyclic) bond motifs is 1. The fourth-order valence-electron chi connectivity index (χ4n) is 4.49. The summed E-state index contributed by atoms with van der Waals surface area (Å²) in [5.41, 5.74) is -2.28. The van der Waals surface area contributed by atoms with Gasteiger partial charge in [-0.2, -0.15) is 18.4 Å². The van der Waals surface area contributed by atoms with Crippen LogP contribution in [0.25, 0.3) is 10.9 Å². The molecule has 2 amide bonds. The Morgan fingerprint density at radius 1 is 1.28 bits per heavy atom. The molecule has 0 bridgehead atoms. The number of pyridine rings is 2. The Morgan fingerprint density at radius 3 is 2.69 bits per heavy atom. The highest BCUT2D eigenvalue weighted by Gasteiger charge is 2.48. The number of amides is 2.